The van der Waals surface area contributed by atoms with Gasteiger partial charge in [0.1, 0.15) is 18.2 Å². The third-order valence-corrected chi connectivity index (χ3v) is 6.20. The molecule has 4 aromatic rings. The first-order chi connectivity index (χ1) is 15.6. The molecular weight excluding hydrogens is 422 g/mol. The van der Waals surface area contributed by atoms with Crippen molar-refractivity contribution in [3.63, 3.8) is 0 Å². The maximum atomic E-state index is 12.9. The molecule has 1 amide bonds. The summed E-state index contributed by atoms with van der Waals surface area (Å²) in [6, 6.07) is 23.6. The number of ether oxygens (including phenoxy) is 1. The minimum Gasteiger partial charge on any atom is -0.491 e. The van der Waals surface area contributed by atoms with Gasteiger partial charge in [0.05, 0.1) is 17.6 Å². The number of nitrogens with zero attached hydrogens (tertiary/aromatic N) is 3. The second-order valence-corrected chi connectivity index (χ2v) is 8.55. The number of hydrogen-bond donors (Lipinski definition) is 0. The van der Waals surface area contributed by atoms with Crippen molar-refractivity contribution in [3.05, 3.63) is 89.2 Å². The summed E-state index contributed by atoms with van der Waals surface area (Å²) in [5.74, 6) is 1.92. The second kappa shape index (κ2) is 8.67. The fourth-order valence-electron chi connectivity index (χ4n) is 4.38. The molecule has 162 valence electrons. The standard InChI is InChI=1S/C26H24ClN3O2/c1-18-7-2-5-12-24(18)32-14-13-29-23-11-4-3-10-22(23)28-26(29)19-15-25(31)30(17-19)21-9-6-8-20(27)16-21/h2-12,16,19H,13-15,17H2,1H3/t19-/m1/s1. The molecule has 1 aliphatic rings. The number of imidazole rings is 1. The molecule has 1 atom stereocenters. The molecule has 1 aromatic heterocycles. The van der Waals surface area contributed by atoms with Gasteiger partial charge in [-0.15, -0.1) is 0 Å². The van der Waals surface area contributed by atoms with Crippen LogP contribution in [0.1, 0.15) is 23.7 Å². The fraction of sp³-hybridized carbons (Fsp3) is 0.231. The zero-order valence-corrected chi connectivity index (χ0v) is 18.6. The molecular formula is C26H24ClN3O2. The van der Waals surface area contributed by atoms with Gasteiger partial charge in [0.25, 0.3) is 0 Å². The van der Waals surface area contributed by atoms with E-state index in [0.29, 0.717) is 31.1 Å². The molecule has 0 radical (unpaired) electrons. The van der Waals surface area contributed by atoms with Crippen LogP contribution in [-0.2, 0) is 11.3 Å². The molecule has 0 unspecified atom stereocenters. The van der Waals surface area contributed by atoms with Crippen LogP contribution in [0.4, 0.5) is 5.69 Å². The largest absolute Gasteiger partial charge is 0.491 e. The third-order valence-electron chi connectivity index (χ3n) is 5.96. The van der Waals surface area contributed by atoms with Crippen molar-refractivity contribution in [2.45, 2.75) is 25.8 Å². The Morgan fingerprint density at radius 1 is 1.06 bits per heavy atom. The molecule has 1 fully saturated rings. The van der Waals surface area contributed by atoms with Gasteiger partial charge in [-0.3, -0.25) is 4.79 Å². The molecule has 1 saturated heterocycles. The van der Waals surface area contributed by atoms with E-state index >= 15 is 0 Å². The van der Waals surface area contributed by atoms with Gasteiger partial charge in [-0.25, -0.2) is 4.98 Å². The molecule has 6 heteroatoms. The summed E-state index contributed by atoms with van der Waals surface area (Å²) in [4.78, 5) is 19.6. The topological polar surface area (TPSA) is 47.4 Å². The van der Waals surface area contributed by atoms with Crippen molar-refractivity contribution < 1.29 is 9.53 Å². The molecule has 0 spiro atoms. The average Bonchev–Trinajstić information content (AvgIpc) is 3.36. The zero-order valence-electron chi connectivity index (χ0n) is 17.9. The minimum atomic E-state index is 0.00680. The number of aromatic nitrogens is 2. The highest BCUT2D eigenvalue weighted by molar-refractivity contribution is 6.30. The summed E-state index contributed by atoms with van der Waals surface area (Å²) in [5.41, 5.74) is 3.94. The lowest BCUT2D eigenvalue weighted by Crippen LogP contribution is -2.24. The van der Waals surface area contributed by atoms with E-state index in [0.717, 1.165) is 33.9 Å². The van der Waals surface area contributed by atoms with Crippen molar-refractivity contribution in [2.24, 2.45) is 0 Å². The van der Waals surface area contributed by atoms with E-state index in [1.807, 2.05) is 78.6 Å². The summed E-state index contributed by atoms with van der Waals surface area (Å²) in [6.45, 7) is 3.81. The molecule has 0 aliphatic carbocycles. The molecule has 3 aromatic carbocycles. The maximum Gasteiger partial charge on any atom is 0.227 e. The highest BCUT2D eigenvalue weighted by atomic mass is 35.5. The third kappa shape index (κ3) is 3.96. The Labute approximate surface area is 192 Å². The van der Waals surface area contributed by atoms with E-state index in [4.69, 9.17) is 21.3 Å². The molecule has 0 saturated carbocycles. The van der Waals surface area contributed by atoms with Crippen LogP contribution in [-0.4, -0.2) is 28.6 Å². The molecule has 5 rings (SSSR count). The normalized spacial score (nSPS) is 16.1. The van der Waals surface area contributed by atoms with Gasteiger partial charge in [0, 0.05) is 29.6 Å². The quantitative estimate of drug-likeness (QED) is 0.388. The predicted octanol–water partition coefficient (Wildman–Crippen LogP) is 5.60. The van der Waals surface area contributed by atoms with E-state index in [2.05, 4.69) is 10.6 Å². The Kier molecular flexibility index (Phi) is 5.58. The summed E-state index contributed by atoms with van der Waals surface area (Å²) in [6.07, 6.45) is 0.425. The van der Waals surface area contributed by atoms with Crippen LogP contribution >= 0.6 is 11.6 Å². The first-order valence-electron chi connectivity index (χ1n) is 10.8. The Hall–Kier alpha value is -3.31. The van der Waals surface area contributed by atoms with Crippen molar-refractivity contribution in [1.29, 1.82) is 0 Å². The highest BCUT2D eigenvalue weighted by Crippen LogP contribution is 2.34. The first-order valence-corrected chi connectivity index (χ1v) is 11.2. The van der Waals surface area contributed by atoms with Gasteiger partial charge in [0.2, 0.25) is 5.91 Å². The number of fused-ring (bicyclic) bond motifs is 1. The monoisotopic (exact) mass is 445 g/mol. The predicted molar refractivity (Wildman–Crippen MR) is 128 cm³/mol. The molecule has 0 N–H and O–H groups in total. The van der Waals surface area contributed by atoms with Gasteiger partial charge in [0.15, 0.2) is 0 Å². The van der Waals surface area contributed by atoms with Crippen LogP contribution in [0.5, 0.6) is 5.75 Å². The van der Waals surface area contributed by atoms with Crippen LogP contribution in [0.25, 0.3) is 11.0 Å². The van der Waals surface area contributed by atoms with E-state index in [9.17, 15) is 4.79 Å². The number of amides is 1. The fourth-order valence-corrected chi connectivity index (χ4v) is 4.56. The lowest BCUT2D eigenvalue weighted by Gasteiger charge is -2.18. The van der Waals surface area contributed by atoms with Gasteiger partial charge < -0.3 is 14.2 Å². The van der Waals surface area contributed by atoms with E-state index in [1.165, 1.54) is 0 Å². The van der Waals surface area contributed by atoms with E-state index in [-0.39, 0.29) is 11.8 Å². The number of aryl methyl sites for hydroxylation is 1. The van der Waals surface area contributed by atoms with Crippen molar-refractivity contribution in [2.75, 3.05) is 18.1 Å². The summed E-state index contributed by atoms with van der Waals surface area (Å²) in [7, 11) is 0. The van der Waals surface area contributed by atoms with Gasteiger partial charge >= 0.3 is 0 Å². The van der Waals surface area contributed by atoms with Crippen molar-refractivity contribution >= 4 is 34.2 Å². The Morgan fingerprint density at radius 2 is 1.88 bits per heavy atom. The molecule has 5 nitrogen and oxygen atoms in total. The average molecular weight is 446 g/mol. The highest BCUT2D eigenvalue weighted by Gasteiger charge is 2.34. The van der Waals surface area contributed by atoms with E-state index < -0.39 is 0 Å². The molecule has 0 bridgehead atoms. The second-order valence-electron chi connectivity index (χ2n) is 8.11. The van der Waals surface area contributed by atoms with Crippen molar-refractivity contribution in [3.8, 4) is 5.75 Å². The van der Waals surface area contributed by atoms with Crippen LogP contribution < -0.4 is 9.64 Å². The molecule has 2 heterocycles. The summed E-state index contributed by atoms with van der Waals surface area (Å²) in [5, 5.41) is 0.624. The van der Waals surface area contributed by atoms with Crippen molar-refractivity contribution in [1.82, 2.24) is 9.55 Å². The SMILES string of the molecule is Cc1ccccc1OCCn1c([C@@H]2CC(=O)N(c3cccc(Cl)c3)C2)nc2ccccc21. The Morgan fingerprint density at radius 3 is 2.72 bits per heavy atom. The number of para-hydroxylation sites is 3. The van der Waals surface area contributed by atoms with E-state index in [1.54, 1.807) is 0 Å². The lowest BCUT2D eigenvalue weighted by molar-refractivity contribution is -0.117. The first kappa shape index (κ1) is 20.6. The zero-order chi connectivity index (χ0) is 22.1. The number of anilines is 1. The number of halogens is 1. The summed E-state index contributed by atoms with van der Waals surface area (Å²) >= 11 is 6.15. The van der Waals surface area contributed by atoms with Crippen LogP contribution in [0.2, 0.25) is 5.02 Å². The Bertz CT molecular complexity index is 1280. The minimum absolute atomic E-state index is 0.00680. The van der Waals surface area contributed by atoms with Crippen LogP contribution in [0, 0.1) is 6.92 Å². The van der Waals surface area contributed by atoms with Gasteiger partial charge in [-0.1, -0.05) is 48.0 Å². The molecule has 1 aliphatic heterocycles. The number of benzene rings is 3. The van der Waals surface area contributed by atoms with Crippen LogP contribution in [0.3, 0.4) is 0 Å². The number of carbonyl (C=O) groups is 1. The Balaban J connectivity index is 1.41. The van der Waals surface area contributed by atoms with Gasteiger partial charge in [-0.05, 0) is 48.9 Å². The number of rotatable bonds is 6. The van der Waals surface area contributed by atoms with Gasteiger partial charge in [-0.2, -0.15) is 0 Å². The summed E-state index contributed by atoms with van der Waals surface area (Å²) < 4.78 is 8.26. The van der Waals surface area contributed by atoms with Crippen LogP contribution in [0.15, 0.2) is 72.8 Å². The number of hydrogen-bond acceptors (Lipinski definition) is 3. The number of carbonyl (C=O) groups excluding carboxylic acids is 1. The smallest absolute Gasteiger partial charge is 0.227 e. The maximum absolute atomic E-state index is 12.9. The lowest BCUT2D eigenvalue weighted by atomic mass is 10.1. The molecule has 32 heavy (non-hydrogen) atoms.